The van der Waals surface area contributed by atoms with Crippen LogP contribution < -0.4 is 11.1 Å². The lowest BCUT2D eigenvalue weighted by Gasteiger charge is -2.28. The number of carbonyl (C=O) groups excluding carboxylic acids is 2. The molecule has 24 heavy (non-hydrogen) atoms. The highest BCUT2D eigenvalue weighted by Gasteiger charge is 2.30. The third-order valence-corrected chi connectivity index (χ3v) is 5.26. The number of ether oxygens (including phenoxy) is 1. The van der Waals surface area contributed by atoms with E-state index in [1.165, 1.54) is 13.5 Å². The SMILES string of the molecule is COC(=O)[C@H](Cc1cccc(I)c1)NC(=O)[C@@H](N)C1CCCCC1. The minimum Gasteiger partial charge on any atom is -0.467 e. The van der Waals surface area contributed by atoms with Crippen LogP contribution in [0.25, 0.3) is 0 Å². The van der Waals surface area contributed by atoms with Gasteiger partial charge in [0.1, 0.15) is 6.04 Å². The number of nitrogens with one attached hydrogen (secondary N) is 1. The van der Waals surface area contributed by atoms with Crippen LogP contribution in [0.1, 0.15) is 37.7 Å². The van der Waals surface area contributed by atoms with E-state index in [2.05, 4.69) is 27.9 Å². The molecule has 1 aromatic carbocycles. The fourth-order valence-corrected chi connectivity index (χ4v) is 3.82. The molecule has 6 heteroatoms. The van der Waals surface area contributed by atoms with Gasteiger partial charge >= 0.3 is 5.97 Å². The zero-order valence-electron chi connectivity index (χ0n) is 14.0. The largest absolute Gasteiger partial charge is 0.467 e. The second kappa shape index (κ2) is 9.36. The topological polar surface area (TPSA) is 81.4 Å². The summed E-state index contributed by atoms with van der Waals surface area (Å²) in [5, 5.41) is 2.79. The zero-order chi connectivity index (χ0) is 17.5. The van der Waals surface area contributed by atoms with Gasteiger partial charge < -0.3 is 15.8 Å². The Morgan fingerprint density at radius 1 is 1.33 bits per heavy atom. The van der Waals surface area contributed by atoms with Gasteiger partial charge in [-0.3, -0.25) is 4.79 Å². The van der Waals surface area contributed by atoms with Crippen LogP contribution in [0.2, 0.25) is 0 Å². The van der Waals surface area contributed by atoms with Crippen LogP contribution in [-0.4, -0.2) is 31.1 Å². The number of benzene rings is 1. The Balaban J connectivity index is 2.02. The fraction of sp³-hybridized carbons (Fsp3) is 0.556. The normalized spacial score (nSPS) is 17.8. The maximum Gasteiger partial charge on any atom is 0.328 e. The first-order chi connectivity index (χ1) is 11.5. The summed E-state index contributed by atoms with van der Waals surface area (Å²) >= 11 is 2.22. The number of amides is 1. The molecule has 1 aliphatic rings. The highest BCUT2D eigenvalue weighted by Crippen LogP contribution is 2.25. The Morgan fingerprint density at radius 3 is 2.67 bits per heavy atom. The number of methoxy groups -OCH3 is 1. The third-order valence-electron chi connectivity index (χ3n) is 4.59. The van der Waals surface area contributed by atoms with Crippen molar-refractivity contribution in [3.05, 3.63) is 33.4 Å². The van der Waals surface area contributed by atoms with Gasteiger partial charge in [-0.15, -0.1) is 0 Å². The lowest BCUT2D eigenvalue weighted by Crippen LogP contribution is -2.52. The van der Waals surface area contributed by atoms with E-state index in [1.54, 1.807) is 0 Å². The van der Waals surface area contributed by atoms with Gasteiger partial charge in [0.05, 0.1) is 13.2 Å². The third kappa shape index (κ3) is 5.44. The van der Waals surface area contributed by atoms with Crippen LogP contribution in [0.15, 0.2) is 24.3 Å². The molecule has 0 saturated heterocycles. The van der Waals surface area contributed by atoms with E-state index in [-0.39, 0.29) is 11.8 Å². The number of esters is 1. The van der Waals surface area contributed by atoms with Gasteiger partial charge in [-0.05, 0) is 59.0 Å². The predicted octanol–water partition coefficient (Wildman–Crippen LogP) is 2.40. The first kappa shape index (κ1) is 19.2. The van der Waals surface area contributed by atoms with Crippen molar-refractivity contribution in [3.63, 3.8) is 0 Å². The summed E-state index contributed by atoms with van der Waals surface area (Å²) in [5.74, 6) is -0.504. The van der Waals surface area contributed by atoms with Gasteiger partial charge in [0.2, 0.25) is 5.91 Å². The molecule has 3 N–H and O–H groups in total. The number of rotatable bonds is 6. The van der Waals surface area contributed by atoms with Gasteiger partial charge in [0.25, 0.3) is 0 Å². The lowest BCUT2D eigenvalue weighted by atomic mass is 9.84. The lowest BCUT2D eigenvalue weighted by molar-refractivity contribution is -0.145. The zero-order valence-corrected chi connectivity index (χ0v) is 16.1. The van der Waals surface area contributed by atoms with Crippen LogP contribution in [-0.2, 0) is 20.7 Å². The highest BCUT2D eigenvalue weighted by atomic mass is 127. The minimum absolute atomic E-state index is 0.203. The molecule has 1 saturated carbocycles. The van der Waals surface area contributed by atoms with Crippen LogP contribution in [0.5, 0.6) is 0 Å². The Morgan fingerprint density at radius 2 is 2.04 bits per heavy atom. The van der Waals surface area contributed by atoms with E-state index < -0.39 is 18.1 Å². The quantitative estimate of drug-likeness (QED) is 0.522. The van der Waals surface area contributed by atoms with Crippen LogP contribution in [0.3, 0.4) is 0 Å². The van der Waals surface area contributed by atoms with Crippen molar-refractivity contribution in [2.45, 2.75) is 50.6 Å². The molecule has 1 fully saturated rings. The molecule has 132 valence electrons. The number of hydrogen-bond donors (Lipinski definition) is 2. The summed E-state index contributed by atoms with van der Waals surface area (Å²) in [6, 6.07) is 6.56. The van der Waals surface area contributed by atoms with Crippen molar-refractivity contribution in [3.8, 4) is 0 Å². The van der Waals surface area contributed by atoms with Crippen molar-refractivity contribution in [1.82, 2.24) is 5.32 Å². The molecule has 0 spiro atoms. The molecular weight excluding hydrogens is 419 g/mol. The number of hydrogen-bond acceptors (Lipinski definition) is 4. The molecule has 0 unspecified atom stereocenters. The molecule has 0 bridgehead atoms. The van der Waals surface area contributed by atoms with E-state index in [0.29, 0.717) is 6.42 Å². The monoisotopic (exact) mass is 444 g/mol. The average Bonchev–Trinajstić information content (AvgIpc) is 2.60. The van der Waals surface area contributed by atoms with Gasteiger partial charge in [-0.25, -0.2) is 4.79 Å². The first-order valence-corrected chi connectivity index (χ1v) is 9.47. The molecule has 2 atom stereocenters. The van der Waals surface area contributed by atoms with Crippen molar-refractivity contribution in [2.75, 3.05) is 7.11 Å². The molecule has 0 aromatic heterocycles. The summed E-state index contributed by atoms with van der Waals surface area (Å²) in [6.07, 6.45) is 5.81. The van der Waals surface area contributed by atoms with Crippen LogP contribution in [0, 0.1) is 9.49 Å². The van der Waals surface area contributed by atoms with Gasteiger partial charge in [-0.2, -0.15) is 0 Å². The molecule has 0 aliphatic heterocycles. The maximum absolute atomic E-state index is 12.5. The van der Waals surface area contributed by atoms with E-state index >= 15 is 0 Å². The van der Waals surface area contributed by atoms with E-state index in [1.807, 2.05) is 24.3 Å². The van der Waals surface area contributed by atoms with Crippen molar-refractivity contribution in [2.24, 2.45) is 11.7 Å². The van der Waals surface area contributed by atoms with Crippen LogP contribution in [0.4, 0.5) is 0 Å². The Kier molecular flexibility index (Phi) is 7.48. The first-order valence-electron chi connectivity index (χ1n) is 8.39. The smallest absolute Gasteiger partial charge is 0.328 e. The van der Waals surface area contributed by atoms with E-state index in [0.717, 1.165) is 34.8 Å². The van der Waals surface area contributed by atoms with Crippen molar-refractivity contribution in [1.29, 1.82) is 0 Å². The van der Waals surface area contributed by atoms with Gasteiger partial charge in [0.15, 0.2) is 0 Å². The maximum atomic E-state index is 12.5. The molecule has 1 amide bonds. The highest BCUT2D eigenvalue weighted by molar-refractivity contribution is 14.1. The summed E-state index contributed by atoms with van der Waals surface area (Å²) in [5.41, 5.74) is 7.11. The number of nitrogens with two attached hydrogens (primary N) is 1. The van der Waals surface area contributed by atoms with Gasteiger partial charge in [-0.1, -0.05) is 31.4 Å². The standard InChI is InChI=1S/C18H25IN2O3/c1-24-18(23)15(11-12-6-5-9-14(19)10-12)21-17(22)16(20)13-7-3-2-4-8-13/h5-6,9-10,13,15-16H,2-4,7-8,11,20H2,1H3,(H,21,22)/t15-,16-/m0/s1. The second-order valence-electron chi connectivity index (χ2n) is 6.34. The molecule has 1 aliphatic carbocycles. The van der Waals surface area contributed by atoms with E-state index in [9.17, 15) is 9.59 Å². The molecule has 2 rings (SSSR count). The summed E-state index contributed by atoms with van der Waals surface area (Å²) in [7, 11) is 1.33. The van der Waals surface area contributed by atoms with Crippen LogP contribution >= 0.6 is 22.6 Å². The Labute approximate surface area is 156 Å². The number of halogens is 1. The number of carbonyl (C=O) groups is 2. The van der Waals surface area contributed by atoms with E-state index in [4.69, 9.17) is 10.5 Å². The predicted molar refractivity (Wildman–Crippen MR) is 101 cm³/mol. The molecule has 1 aromatic rings. The van der Waals surface area contributed by atoms with Crippen molar-refractivity contribution >= 4 is 34.5 Å². The summed E-state index contributed by atoms with van der Waals surface area (Å²) in [4.78, 5) is 24.5. The molecule has 0 heterocycles. The summed E-state index contributed by atoms with van der Waals surface area (Å²) < 4.78 is 5.93. The summed E-state index contributed by atoms with van der Waals surface area (Å²) in [6.45, 7) is 0. The average molecular weight is 444 g/mol. The fourth-order valence-electron chi connectivity index (χ4n) is 3.21. The molecule has 0 radical (unpaired) electrons. The van der Waals surface area contributed by atoms with Crippen molar-refractivity contribution < 1.29 is 14.3 Å². The Hall–Kier alpha value is -1.15. The second-order valence-corrected chi connectivity index (χ2v) is 7.59. The molecule has 5 nitrogen and oxygen atoms in total. The Bertz CT molecular complexity index is 573. The minimum atomic E-state index is -0.713. The molecular formula is C18H25IN2O3. The van der Waals surface area contributed by atoms with Gasteiger partial charge in [0, 0.05) is 9.99 Å².